The molecule has 0 aliphatic carbocycles. The number of carboxylic acid groups (broad SMARTS) is 1. The fourth-order valence-corrected chi connectivity index (χ4v) is 3.10. The van der Waals surface area contributed by atoms with E-state index in [1.165, 1.54) is 44.9 Å². The van der Waals surface area contributed by atoms with Crippen molar-refractivity contribution in [2.24, 2.45) is 0 Å². The lowest BCUT2D eigenvalue weighted by atomic mass is 10.0. The second-order valence-corrected chi connectivity index (χ2v) is 7.48. The minimum Gasteiger partial charge on any atom is -0.481 e. The van der Waals surface area contributed by atoms with Gasteiger partial charge in [-0.15, -0.1) is 0 Å². The van der Waals surface area contributed by atoms with Crippen molar-refractivity contribution in [3.8, 4) is 0 Å². The molecule has 0 bridgehead atoms. The summed E-state index contributed by atoms with van der Waals surface area (Å²) in [5.74, 6) is -0.697. The molecular weight excluding hydrogens is 328 g/mol. The smallest absolute Gasteiger partial charge is 0.303 e. The summed E-state index contributed by atoms with van der Waals surface area (Å²) in [6.07, 6.45) is 19.1. The van der Waals surface area contributed by atoms with E-state index in [2.05, 4.69) is 6.92 Å². The second-order valence-electron chi connectivity index (χ2n) is 7.48. The van der Waals surface area contributed by atoms with Crippen LogP contribution in [0.15, 0.2) is 12.2 Å². The van der Waals surface area contributed by atoms with Crippen LogP contribution in [-0.2, 0) is 4.79 Å². The van der Waals surface area contributed by atoms with Gasteiger partial charge in [0.2, 0.25) is 0 Å². The van der Waals surface area contributed by atoms with E-state index in [0.717, 1.165) is 51.4 Å². The molecule has 0 aliphatic rings. The summed E-state index contributed by atoms with van der Waals surface area (Å²) >= 11 is 0. The minimum atomic E-state index is -0.697. The average Bonchev–Trinajstić information content (AvgIpc) is 2.61. The Labute approximate surface area is 160 Å². The number of unbranched alkanes of at least 4 members (excludes halogenated alkanes) is 11. The predicted molar refractivity (Wildman–Crippen MR) is 108 cm³/mol. The molecule has 0 saturated carbocycles. The highest BCUT2D eigenvalue weighted by molar-refractivity contribution is 5.66. The quantitative estimate of drug-likeness (QED) is 0.204. The van der Waals surface area contributed by atoms with Crippen molar-refractivity contribution in [2.45, 2.75) is 122 Å². The summed E-state index contributed by atoms with van der Waals surface area (Å²) in [6.45, 7) is 2.20. The lowest BCUT2D eigenvalue weighted by Gasteiger charge is -2.08. The number of hydrogen-bond acceptors (Lipinski definition) is 3. The average molecular weight is 371 g/mol. The Morgan fingerprint density at radius 3 is 1.50 bits per heavy atom. The number of carboxylic acids is 1. The predicted octanol–water partition coefficient (Wildman–Crippen LogP) is 5.61. The molecule has 2 atom stereocenters. The fourth-order valence-electron chi connectivity index (χ4n) is 3.10. The van der Waals surface area contributed by atoms with Crippen LogP contribution < -0.4 is 0 Å². The molecule has 0 fully saturated rings. The first-order chi connectivity index (χ1) is 12.6. The van der Waals surface area contributed by atoms with Gasteiger partial charge in [-0.1, -0.05) is 96.1 Å². The summed E-state index contributed by atoms with van der Waals surface area (Å²) in [7, 11) is 0. The van der Waals surface area contributed by atoms with Gasteiger partial charge in [0.25, 0.3) is 0 Å². The molecule has 4 heteroatoms. The second kappa shape index (κ2) is 18.9. The molecular formula is C22H42O4. The van der Waals surface area contributed by atoms with Gasteiger partial charge in [0.15, 0.2) is 0 Å². The Bertz CT molecular complexity index is 341. The van der Waals surface area contributed by atoms with Gasteiger partial charge in [-0.3, -0.25) is 4.79 Å². The summed E-state index contributed by atoms with van der Waals surface area (Å²) in [6, 6.07) is 0. The van der Waals surface area contributed by atoms with Crippen molar-refractivity contribution >= 4 is 5.97 Å². The van der Waals surface area contributed by atoms with E-state index in [9.17, 15) is 15.0 Å². The summed E-state index contributed by atoms with van der Waals surface area (Å²) < 4.78 is 0. The van der Waals surface area contributed by atoms with Gasteiger partial charge in [-0.05, 0) is 19.3 Å². The largest absolute Gasteiger partial charge is 0.481 e. The molecule has 154 valence electrons. The Kier molecular flexibility index (Phi) is 18.3. The molecule has 0 radical (unpaired) electrons. The first kappa shape index (κ1) is 25.1. The zero-order chi connectivity index (χ0) is 19.5. The highest BCUT2D eigenvalue weighted by Crippen LogP contribution is 2.12. The fraction of sp³-hybridized carbons (Fsp3) is 0.864. The Hall–Kier alpha value is -0.870. The standard InChI is InChI=1S/C22H42O4/c1-2-3-4-9-12-15-20(23)18-19-21(24)16-13-10-7-5-6-8-11-14-17-22(25)26/h18-21,23-24H,2-17H2,1H3,(H,25,26)/b19-18+/t20-,21+/m0/s1. The molecule has 0 aromatic carbocycles. The van der Waals surface area contributed by atoms with Crippen LogP contribution in [0.4, 0.5) is 0 Å². The van der Waals surface area contributed by atoms with Gasteiger partial charge in [0.05, 0.1) is 12.2 Å². The van der Waals surface area contributed by atoms with E-state index < -0.39 is 18.2 Å². The number of hydrogen-bond donors (Lipinski definition) is 3. The van der Waals surface area contributed by atoms with Crippen molar-refractivity contribution in [2.75, 3.05) is 0 Å². The van der Waals surface area contributed by atoms with Gasteiger partial charge >= 0.3 is 5.97 Å². The van der Waals surface area contributed by atoms with Gasteiger partial charge in [0.1, 0.15) is 0 Å². The topological polar surface area (TPSA) is 77.8 Å². The number of carbonyl (C=O) groups is 1. The van der Waals surface area contributed by atoms with Crippen LogP contribution in [0.3, 0.4) is 0 Å². The molecule has 0 saturated heterocycles. The number of rotatable bonds is 19. The molecule has 0 aliphatic heterocycles. The van der Waals surface area contributed by atoms with Gasteiger partial charge in [-0.25, -0.2) is 0 Å². The van der Waals surface area contributed by atoms with E-state index in [1.807, 2.05) is 0 Å². The van der Waals surface area contributed by atoms with E-state index in [0.29, 0.717) is 6.42 Å². The molecule has 4 nitrogen and oxygen atoms in total. The normalized spacial score (nSPS) is 14.0. The number of aliphatic hydroxyl groups is 2. The number of aliphatic hydroxyl groups excluding tert-OH is 2. The van der Waals surface area contributed by atoms with Crippen LogP contribution in [0, 0.1) is 0 Å². The van der Waals surface area contributed by atoms with Crippen molar-refractivity contribution in [3.05, 3.63) is 12.2 Å². The molecule has 0 unspecified atom stereocenters. The molecule has 0 rings (SSSR count). The minimum absolute atomic E-state index is 0.291. The van der Waals surface area contributed by atoms with E-state index in [1.54, 1.807) is 12.2 Å². The maximum absolute atomic E-state index is 10.4. The Balaban J connectivity index is 3.41. The van der Waals surface area contributed by atoms with Crippen molar-refractivity contribution < 1.29 is 20.1 Å². The van der Waals surface area contributed by atoms with Gasteiger partial charge in [-0.2, -0.15) is 0 Å². The van der Waals surface area contributed by atoms with E-state index in [-0.39, 0.29) is 0 Å². The lowest BCUT2D eigenvalue weighted by Crippen LogP contribution is -2.06. The van der Waals surface area contributed by atoms with Crippen LogP contribution in [0.2, 0.25) is 0 Å². The number of aliphatic carboxylic acids is 1. The van der Waals surface area contributed by atoms with Gasteiger partial charge < -0.3 is 15.3 Å². The SMILES string of the molecule is CCCCCCC[C@H](O)/C=C/[C@H](O)CCCCCCCCCCC(=O)O. The monoisotopic (exact) mass is 370 g/mol. The van der Waals surface area contributed by atoms with Crippen LogP contribution in [0.5, 0.6) is 0 Å². The third-order valence-corrected chi connectivity index (χ3v) is 4.80. The molecule has 0 spiro atoms. The summed E-state index contributed by atoms with van der Waals surface area (Å²) in [5, 5.41) is 28.4. The van der Waals surface area contributed by atoms with Crippen molar-refractivity contribution in [1.82, 2.24) is 0 Å². The zero-order valence-electron chi connectivity index (χ0n) is 16.9. The van der Waals surface area contributed by atoms with Crippen LogP contribution in [0.1, 0.15) is 110 Å². The van der Waals surface area contributed by atoms with Crippen molar-refractivity contribution in [1.29, 1.82) is 0 Å². The zero-order valence-corrected chi connectivity index (χ0v) is 16.9. The highest BCUT2D eigenvalue weighted by atomic mass is 16.4. The first-order valence-corrected chi connectivity index (χ1v) is 10.8. The molecule has 26 heavy (non-hydrogen) atoms. The molecule has 0 aromatic rings. The third kappa shape index (κ3) is 19.5. The maximum atomic E-state index is 10.4. The van der Waals surface area contributed by atoms with E-state index >= 15 is 0 Å². The van der Waals surface area contributed by atoms with E-state index in [4.69, 9.17) is 5.11 Å². The van der Waals surface area contributed by atoms with Gasteiger partial charge in [0, 0.05) is 6.42 Å². The highest BCUT2D eigenvalue weighted by Gasteiger charge is 2.03. The van der Waals surface area contributed by atoms with Crippen LogP contribution >= 0.6 is 0 Å². The molecule has 3 N–H and O–H groups in total. The van der Waals surface area contributed by atoms with Crippen LogP contribution in [-0.4, -0.2) is 33.5 Å². The molecule has 0 amide bonds. The first-order valence-electron chi connectivity index (χ1n) is 10.8. The Morgan fingerprint density at radius 2 is 1.08 bits per heavy atom. The van der Waals surface area contributed by atoms with Crippen molar-refractivity contribution in [3.63, 3.8) is 0 Å². The maximum Gasteiger partial charge on any atom is 0.303 e. The summed E-state index contributed by atoms with van der Waals surface area (Å²) in [5.41, 5.74) is 0. The molecule has 0 heterocycles. The summed E-state index contributed by atoms with van der Waals surface area (Å²) in [4.78, 5) is 10.4. The molecule has 0 aromatic heterocycles. The Morgan fingerprint density at radius 1 is 0.692 bits per heavy atom. The lowest BCUT2D eigenvalue weighted by molar-refractivity contribution is -0.137. The third-order valence-electron chi connectivity index (χ3n) is 4.80. The van der Waals surface area contributed by atoms with Crippen LogP contribution in [0.25, 0.3) is 0 Å².